The summed E-state index contributed by atoms with van der Waals surface area (Å²) >= 11 is 0. The third kappa shape index (κ3) is 3.67. The van der Waals surface area contributed by atoms with Crippen LogP contribution >= 0.6 is 0 Å². The molecule has 0 aliphatic carbocycles. The van der Waals surface area contributed by atoms with Gasteiger partial charge < -0.3 is 35.4 Å². The van der Waals surface area contributed by atoms with Gasteiger partial charge in [-0.15, -0.1) is 0 Å². The number of rotatable bonds is 6. The van der Waals surface area contributed by atoms with E-state index in [4.69, 9.17) is 15.3 Å². The molecule has 0 saturated heterocycles. The first kappa shape index (κ1) is 15.2. The molecule has 0 spiro atoms. The van der Waals surface area contributed by atoms with Crippen molar-refractivity contribution in [2.24, 2.45) is 0 Å². The van der Waals surface area contributed by atoms with E-state index >= 15 is 0 Å². The normalized spacial score (nSPS) is 20.7. The second-order valence-electron chi connectivity index (χ2n) is 3.19. The van der Waals surface area contributed by atoms with E-state index in [1.165, 1.54) is 0 Å². The molecule has 0 bridgehead atoms. The van der Waals surface area contributed by atoms with Crippen molar-refractivity contribution < 1.29 is 40.2 Å². The summed E-state index contributed by atoms with van der Waals surface area (Å²) in [5.41, 5.74) is 0. The standard InChI is InChI=1S/C8H16O8/c1-16-8(15)7(14)6(13)5(12)4(11)3(10)2-9/h3-7,9-14H,2H2,1H3/t3-,4-,5-,6+,7+/m1/s1. The molecule has 16 heavy (non-hydrogen) atoms. The molecule has 6 N–H and O–H groups in total. The van der Waals surface area contributed by atoms with Crippen LogP contribution in [0.2, 0.25) is 0 Å². The van der Waals surface area contributed by atoms with Crippen LogP contribution in [-0.2, 0) is 9.53 Å². The molecule has 0 amide bonds. The fourth-order valence-electron chi connectivity index (χ4n) is 0.985. The Kier molecular flexibility index (Phi) is 6.41. The van der Waals surface area contributed by atoms with E-state index in [1.807, 2.05) is 0 Å². The van der Waals surface area contributed by atoms with E-state index in [0.29, 0.717) is 0 Å². The highest BCUT2D eigenvalue weighted by Crippen LogP contribution is 2.09. The number of carbonyl (C=O) groups excluding carboxylic acids is 1. The van der Waals surface area contributed by atoms with Gasteiger partial charge in [0.05, 0.1) is 13.7 Å². The summed E-state index contributed by atoms with van der Waals surface area (Å²) in [5, 5.41) is 54.2. The van der Waals surface area contributed by atoms with Crippen molar-refractivity contribution in [2.75, 3.05) is 13.7 Å². The van der Waals surface area contributed by atoms with Gasteiger partial charge in [-0.1, -0.05) is 0 Å². The zero-order chi connectivity index (χ0) is 12.9. The highest BCUT2D eigenvalue weighted by molar-refractivity contribution is 5.75. The van der Waals surface area contributed by atoms with E-state index in [1.54, 1.807) is 0 Å². The number of ether oxygens (including phenoxy) is 1. The number of hydrogen-bond acceptors (Lipinski definition) is 8. The molecule has 0 aromatic heterocycles. The monoisotopic (exact) mass is 240 g/mol. The Hall–Kier alpha value is -0.770. The summed E-state index contributed by atoms with van der Waals surface area (Å²) in [7, 11) is 0.962. The Balaban J connectivity index is 4.47. The fraction of sp³-hybridized carbons (Fsp3) is 0.875. The molecule has 0 unspecified atom stereocenters. The zero-order valence-corrected chi connectivity index (χ0v) is 8.59. The molecule has 8 heteroatoms. The van der Waals surface area contributed by atoms with E-state index in [9.17, 15) is 20.1 Å². The van der Waals surface area contributed by atoms with Gasteiger partial charge in [-0.3, -0.25) is 0 Å². The number of hydrogen-bond donors (Lipinski definition) is 6. The van der Waals surface area contributed by atoms with E-state index in [2.05, 4.69) is 4.74 Å². The first-order valence-corrected chi connectivity index (χ1v) is 4.45. The van der Waals surface area contributed by atoms with Gasteiger partial charge in [-0.2, -0.15) is 0 Å². The molecule has 0 saturated carbocycles. The highest BCUT2D eigenvalue weighted by Gasteiger charge is 2.37. The van der Waals surface area contributed by atoms with Crippen molar-refractivity contribution in [2.45, 2.75) is 30.5 Å². The smallest absolute Gasteiger partial charge is 0.337 e. The van der Waals surface area contributed by atoms with Crippen molar-refractivity contribution in [1.29, 1.82) is 0 Å². The number of aliphatic hydroxyl groups excluding tert-OH is 6. The molecular weight excluding hydrogens is 224 g/mol. The van der Waals surface area contributed by atoms with Gasteiger partial charge in [0.15, 0.2) is 6.10 Å². The number of methoxy groups -OCH3 is 1. The minimum Gasteiger partial charge on any atom is -0.467 e. The quantitative estimate of drug-likeness (QED) is 0.257. The summed E-state index contributed by atoms with van der Waals surface area (Å²) in [6, 6.07) is 0. The van der Waals surface area contributed by atoms with Gasteiger partial charge >= 0.3 is 5.97 Å². The van der Waals surface area contributed by atoms with Crippen LogP contribution in [-0.4, -0.2) is 80.8 Å². The van der Waals surface area contributed by atoms with Crippen LogP contribution in [0.3, 0.4) is 0 Å². The summed E-state index contributed by atoms with van der Waals surface area (Å²) in [5.74, 6) is -1.20. The summed E-state index contributed by atoms with van der Waals surface area (Å²) in [6.45, 7) is -0.848. The number of aliphatic hydroxyl groups is 6. The molecule has 8 nitrogen and oxygen atoms in total. The van der Waals surface area contributed by atoms with Crippen molar-refractivity contribution in [3.8, 4) is 0 Å². The third-order valence-corrected chi connectivity index (χ3v) is 2.05. The molecule has 96 valence electrons. The second-order valence-corrected chi connectivity index (χ2v) is 3.19. The van der Waals surface area contributed by atoms with E-state index < -0.39 is 43.1 Å². The van der Waals surface area contributed by atoms with E-state index in [0.717, 1.165) is 7.11 Å². The average molecular weight is 240 g/mol. The SMILES string of the molecule is COC(=O)[C@@H](O)[C@@H](O)[C@H](O)[C@H](O)[C@H](O)CO. The van der Waals surface area contributed by atoms with Gasteiger partial charge in [0.2, 0.25) is 0 Å². The lowest BCUT2D eigenvalue weighted by atomic mass is 9.99. The van der Waals surface area contributed by atoms with Crippen LogP contribution in [0.15, 0.2) is 0 Å². The van der Waals surface area contributed by atoms with Crippen LogP contribution in [0.5, 0.6) is 0 Å². The third-order valence-electron chi connectivity index (χ3n) is 2.05. The van der Waals surface area contributed by atoms with Gasteiger partial charge in [-0.25, -0.2) is 4.79 Å². The van der Waals surface area contributed by atoms with Crippen molar-refractivity contribution in [1.82, 2.24) is 0 Å². The summed E-state index contributed by atoms with van der Waals surface area (Å²) in [6.07, 6.45) is -9.70. The maximum atomic E-state index is 10.8. The van der Waals surface area contributed by atoms with Crippen LogP contribution in [0, 0.1) is 0 Å². The Morgan fingerprint density at radius 3 is 1.94 bits per heavy atom. The van der Waals surface area contributed by atoms with Crippen molar-refractivity contribution in [3.63, 3.8) is 0 Å². The molecular formula is C8H16O8. The molecule has 0 aromatic rings. The Labute approximate surface area is 91.3 Å². The molecule has 0 rings (SSSR count). The predicted octanol–water partition coefficient (Wildman–Crippen LogP) is -4.04. The lowest BCUT2D eigenvalue weighted by molar-refractivity contribution is -0.172. The fourth-order valence-corrected chi connectivity index (χ4v) is 0.985. The summed E-state index contributed by atoms with van der Waals surface area (Å²) < 4.78 is 4.10. The Morgan fingerprint density at radius 1 is 1.06 bits per heavy atom. The topological polar surface area (TPSA) is 148 Å². The average Bonchev–Trinajstić information content (AvgIpc) is 2.32. The van der Waals surface area contributed by atoms with Gasteiger partial charge in [0.25, 0.3) is 0 Å². The van der Waals surface area contributed by atoms with Gasteiger partial charge in [0.1, 0.15) is 24.4 Å². The largest absolute Gasteiger partial charge is 0.467 e. The molecule has 0 fully saturated rings. The maximum Gasteiger partial charge on any atom is 0.337 e. The van der Waals surface area contributed by atoms with Crippen LogP contribution in [0.4, 0.5) is 0 Å². The van der Waals surface area contributed by atoms with Crippen LogP contribution in [0.1, 0.15) is 0 Å². The Morgan fingerprint density at radius 2 is 1.56 bits per heavy atom. The lowest BCUT2D eigenvalue weighted by Crippen LogP contribution is -2.52. The minimum atomic E-state index is -2.06. The molecule has 5 atom stereocenters. The number of carbonyl (C=O) groups is 1. The summed E-state index contributed by atoms with van der Waals surface area (Å²) in [4.78, 5) is 10.8. The lowest BCUT2D eigenvalue weighted by Gasteiger charge is -2.27. The molecule has 0 radical (unpaired) electrons. The Bertz CT molecular complexity index is 220. The maximum absolute atomic E-state index is 10.8. The van der Waals surface area contributed by atoms with Gasteiger partial charge in [-0.05, 0) is 0 Å². The van der Waals surface area contributed by atoms with Crippen molar-refractivity contribution >= 4 is 5.97 Å². The first-order valence-electron chi connectivity index (χ1n) is 4.45. The second kappa shape index (κ2) is 6.74. The van der Waals surface area contributed by atoms with Crippen molar-refractivity contribution in [3.05, 3.63) is 0 Å². The molecule has 0 aliphatic rings. The zero-order valence-electron chi connectivity index (χ0n) is 8.59. The predicted molar refractivity (Wildman–Crippen MR) is 49.1 cm³/mol. The molecule has 0 heterocycles. The first-order chi connectivity index (χ1) is 7.36. The van der Waals surface area contributed by atoms with Crippen LogP contribution in [0.25, 0.3) is 0 Å². The van der Waals surface area contributed by atoms with E-state index in [-0.39, 0.29) is 0 Å². The van der Waals surface area contributed by atoms with Gasteiger partial charge in [0, 0.05) is 0 Å². The number of esters is 1. The molecule has 0 aliphatic heterocycles. The highest BCUT2D eigenvalue weighted by atomic mass is 16.5. The van der Waals surface area contributed by atoms with Crippen LogP contribution < -0.4 is 0 Å². The molecule has 0 aromatic carbocycles. The minimum absolute atomic E-state index is 0.848.